The fourth-order valence-electron chi connectivity index (χ4n) is 2.17. The Kier molecular flexibility index (Phi) is 4.47. The van der Waals surface area contributed by atoms with Crippen LogP contribution in [-0.2, 0) is 9.53 Å². The normalized spacial score (nSPS) is 18.6. The number of carboxylic acid groups (broad SMARTS) is 1. The maximum absolute atomic E-state index is 12.4. The first-order valence-corrected chi connectivity index (χ1v) is 6.29. The summed E-state index contributed by atoms with van der Waals surface area (Å²) in [5.74, 6) is -1.19. The van der Waals surface area contributed by atoms with Gasteiger partial charge in [-0.3, -0.25) is 9.78 Å². The fourth-order valence-corrected chi connectivity index (χ4v) is 2.17. The van der Waals surface area contributed by atoms with E-state index in [1.165, 1.54) is 18.5 Å². The third-order valence-electron chi connectivity index (χ3n) is 3.25. The molecule has 1 aromatic rings. The number of aromatic nitrogens is 1. The summed E-state index contributed by atoms with van der Waals surface area (Å²) in [6, 6.07) is 1.60. The number of carbonyl (C=O) groups is 2. The number of hydrogen-bond donors (Lipinski definition) is 1. The third kappa shape index (κ3) is 3.21. The van der Waals surface area contributed by atoms with Gasteiger partial charge in [-0.05, 0) is 18.6 Å². The highest BCUT2D eigenvalue weighted by Crippen LogP contribution is 2.18. The van der Waals surface area contributed by atoms with E-state index >= 15 is 0 Å². The Hall–Kier alpha value is -2.21. The second kappa shape index (κ2) is 6.29. The first kappa shape index (κ1) is 14.2. The summed E-state index contributed by atoms with van der Waals surface area (Å²) < 4.78 is 5.24. The first-order valence-electron chi connectivity index (χ1n) is 6.29. The van der Waals surface area contributed by atoms with E-state index in [0.29, 0.717) is 24.2 Å². The maximum atomic E-state index is 12.4. The molecule has 2 heterocycles. The number of hydrogen-bond acceptors (Lipinski definition) is 4. The number of likely N-dealkylation sites (tertiary alicyclic amines) is 1. The number of methoxy groups -OCH3 is 1. The number of aliphatic carboxylic acids is 1. The van der Waals surface area contributed by atoms with Crippen molar-refractivity contribution < 1.29 is 19.4 Å². The quantitative estimate of drug-likeness (QED) is 0.831. The van der Waals surface area contributed by atoms with Crippen molar-refractivity contribution in [3.63, 3.8) is 0 Å². The van der Waals surface area contributed by atoms with Crippen molar-refractivity contribution in [3.05, 3.63) is 35.7 Å². The highest BCUT2D eigenvalue weighted by molar-refractivity contribution is 5.98. The van der Waals surface area contributed by atoms with Gasteiger partial charge >= 0.3 is 5.97 Å². The Morgan fingerprint density at radius 1 is 1.55 bits per heavy atom. The van der Waals surface area contributed by atoms with Crippen molar-refractivity contribution in [2.75, 3.05) is 20.2 Å². The summed E-state index contributed by atoms with van der Waals surface area (Å²) in [4.78, 5) is 28.6. The van der Waals surface area contributed by atoms with Crippen molar-refractivity contribution in [1.82, 2.24) is 9.88 Å². The molecule has 0 aliphatic carbocycles. The van der Waals surface area contributed by atoms with Gasteiger partial charge in [-0.15, -0.1) is 0 Å². The molecule has 2 rings (SSSR count). The summed E-state index contributed by atoms with van der Waals surface area (Å²) in [6.07, 6.45) is 6.26. The number of carbonyl (C=O) groups excluding carboxylic acids is 1. The van der Waals surface area contributed by atoms with Crippen LogP contribution in [0.1, 0.15) is 22.3 Å². The zero-order chi connectivity index (χ0) is 14.5. The number of ether oxygens (including phenoxy) is 1. The Bertz CT molecular complexity index is 542. The molecule has 1 N–H and O–H groups in total. The Morgan fingerprint density at radius 3 is 3.00 bits per heavy atom. The van der Waals surface area contributed by atoms with E-state index in [1.807, 2.05) is 0 Å². The van der Waals surface area contributed by atoms with Gasteiger partial charge in [-0.2, -0.15) is 0 Å². The topological polar surface area (TPSA) is 79.7 Å². The second-order valence-corrected chi connectivity index (χ2v) is 4.53. The minimum Gasteiger partial charge on any atom is -0.478 e. The molecule has 20 heavy (non-hydrogen) atoms. The molecule has 1 aromatic heterocycles. The molecule has 1 aliphatic heterocycles. The average Bonchev–Trinajstić information content (AvgIpc) is 2.93. The van der Waals surface area contributed by atoms with Crippen molar-refractivity contribution in [2.24, 2.45) is 0 Å². The van der Waals surface area contributed by atoms with Crippen molar-refractivity contribution >= 4 is 18.0 Å². The molecule has 1 amide bonds. The largest absolute Gasteiger partial charge is 0.478 e. The predicted molar refractivity (Wildman–Crippen MR) is 72.2 cm³/mol. The summed E-state index contributed by atoms with van der Waals surface area (Å²) in [6.45, 7) is 1.20. The zero-order valence-corrected chi connectivity index (χ0v) is 11.2. The van der Waals surface area contributed by atoms with Gasteiger partial charge < -0.3 is 14.7 Å². The molecule has 0 spiro atoms. The van der Waals surface area contributed by atoms with Crippen LogP contribution in [0.5, 0.6) is 0 Å². The van der Waals surface area contributed by atoms with Crippen LogP contribution in [0.25, 0.3) is 6.08 Å². The molecule has 1 saturated heterocycles. The Labute approximate surface area is 116 Å². The summed E-state index contributed by atoms with van der Waals surface area (Å²) in [5.41, 5.74) is 0.954. The van der Waals surface area contributed by atoms with Gasteiger partial charge in [0.15, 0.2) is 0 Å². The van der Waals surface area contributed by atoms with Gasteiger partial charge in [0.05, 0.1) is 6.10 Å². The highest BCUT2D eigenvalue weighted by atomic mass is 16.5. The Balaban J connectivity index is 2.20. The van der Waals surface area contributed by atoms with Gasteiger partial charge in [0.25, 0.3) is 5.91 Å². The molecule has 0 radical (unpaired) electrons. The van der Waals surface area contributed by atoms with Crippen LogP contribution in [0.2, 0.25) is 0 Å². The highest BCUT2D eigenvalue weighted by Gasteiger charge is 2.27. The molecular weight excluding hydrogens is 260 g/mol. The lowest BCUT2D eigenvalue weighted by molar-refractivity contribution is -0.131. The standard InChI is InChI=1S/C14H16N2O4/c1-20-11-5-7-16(9-11)14(19)12-4-6-15-8-10(12)2-3-13(17)18/h2-4,6,8,11H,5,7,9H2,1H3,(H,17,18)/b3-2+. The molecule has 1 fully saturated rings. The van der Waals surface area contributed by atoms with Crippen molar-refractivity contribution in [2.45, 2.75) is 12.5 Å². The van der Waals surface area contributed by atoms with Crippen molar-refractivity contribution in [3.8, 4) is 0 Å². The van der Waals surface area contributed by atoms with Gasteiger partial charge in [-0.25, -0.2) is 4.79 Å². The smallest absolute Gasteiger partial charge is 0.328 e. The van der Waals surface area contributed by atoms with Crippen molar-refractivity contribution in [1.29, 1.82) is 0 Å². The molecule has 1 atom stereocenters. The lowest BCUT2D eigenvalue weighted by atomic mass is 10.1. The molecule has 0 saturated carbocycles. The zero-order valence-electron chi connectivity index (χ0n) is 11.2. The van der Waals surface area contributed by atoms with E-state index in [4.69, 9.17) is 9.84 Å². The number of nitrogens with zero attached hydrogens (tertiary/aromatic N) is 2. The second-order valence-electron chi connectivity index (χ2n) is 4.53. The number of amides is 1. The van der Waals surface area contributed by atoms with E-state index in [0.717, 1.165) is 12.5 Å². The maximum Gasteiger partial charge on any atom is 0.328 e. The third-order valence-corrected chi connectivity index (χ3v) is 3.25. The van der Waals surface area contributed by atoms with Gasteiger partial charge in [-0.1, -0.05) is 0 Å². The molecular formula is C14H16N2O4. The molecule has 1 aliphatic rings. The molecule has 106 valence electrons. The van der Waals surface area contributed by atoms with Crippen LogP contribution in [0.3, 0.4) is 0 Å². The van der Waals surface area contributed by atoms with Gasteiger partial charge in [0.1, 0.15) is 0 Å². The lowest BCUT2D eigenvalue weighted by Gasteiger charge is -2.17. The summed E-state index contributed by atoms with van der Waals surface area (Å²) in [5, 5.41) is 8.66. The van der Waals surface area contributed by atoms with Gasteiger partial charge in [0.2, 0.25) is 0 Å². The van der Waals surface area contributed by atoms with E-state index in [-0.39, 0.29) is 12.0 Å². The van der Waals surface area contributed by atoms with Crippen LogP contribution >= 0.6 is 0 Å². The van der Waals surface area contributed by atoms with Crippen LogP contribution in [0, 0.1) is 0 Å². The molecule has 0 bridgehead atoms. The van der Waals surface area contributed by atoms with E-state index in [1.54, 1.807) is 18.1 Å². The van der Waals surface area contributed by atoms with E-state index in [9.17, 15) is 9.59 Å². The Morgan fingerprint density at radius 2 is 2.35 bits per heavy atom. The minimum absolute atomic E-state index is 0.0683. The molecule has 1 unspecified atom stereocenters. The predicted octanol–water partition coefficient (Wildman–Crippen LogP) is 1.04. The van der Waals surface area contributed by atoms with Crippen LogP contribution in [0.15, 0.2) is 24.5 Å². The average molecular weight is 276 g/mol. The van der Waals surface area contributed by atoms with Crippen LogP contribution < -0.4 is 0 Å². The summed E-state index contributed by atoms with van der Waals surface area (Å²) in [7, 11) is 1.63. The first-order chi connectivity index (χ1) is 9.61. The summed E-state index contributed by atoms with van der Waals surface area (Å²) >= 11 is 0. The minimum atomic E-state index is -1.06. The molecule has 6 heteroatoms. The van der Waals surface area contributed by atoms with Crippen LogP contribution in [0.4, 0.5) is 0 Å². The fraction of sp³-hybridized carbons (Fsp3) is 0.357. The SMILES string of the molecule is COC1CCN(C(=O)c2ccncc2/C=C/C(=O)O)C1. The number of rotatable bonds is 4. The van der Waals surface area contributed by atoms with Crippen LogP contribution in [-0.4, -0.2) is 53.2 Å². The molecule has 6 nitrogen and oxygen atoms in total. The van der Waals surface area contributed by atoms with Gasteiger partial charge in [0, 0.05) is 49.8 Å². The lowest BCUT2D eigenvalue weighted by Crippen LogP contribution is -2.30. The molecule has 0 aromatic carbocycles. The number of pyridine rings is 1. The van der Waals surface area contributed by atoms with E-state index in [2.05, 4.69) is 4.98 Å². The van der Waals surface area contributed by atoms with E-state index < -0.39 is 5.97 Å². The number of carboxylic acids is 1. The monoisotopic (exact) mass is 276 g/mol.